The maximum atomic E-state index is 14.4. The highest BCUT2D eigenvalue weighted by Gasteiger charge is 2.20. The van der Waals surface area contributed by atoms with Gasteiger partial charge in [0.25, 0.3) is 0 Å². The summed E-state index contributed by atoms with van der Waals surface area (Å²) in [5, 5.41) is 8.74. The fourth-order valence-corrected chi connectivity index (χ4v) is 3.51. The first-order chi connectivity index (χ1) is 16.0. The van der Waals surface area contributed by atoms with Crippen LogP contribution in [0.2, 0.25) is 0 Å². The Morgan fingerprint density at radius 3 is 2.58 bits per heavy atom. The van der Waals surface area contributed by atoms with Gasteiger partial charge in [-0.1, -0.05) is 12.1 Å². The smallest absolute Gasteiger partial charge is 0.167 e. The Hall–Kier alpha value is -3.85. The first-order valence-corrected chi connectivity index (χ1v) is 10.4. The van der Waals surface area contributed by atoms with Crippen molar-refractivity contribution in [2.75, 3.05) is 31.9 Å². The minimum Gasteiger partial charge on any atom is -0.497 e. The number of nitrogens with two attached hydrogens (primary N) is 1. The molecular weight excluding hydrogens is 425 g/mol. The molecule has 0 aliphatic carbocycles. The topological polar surface area (TPSA) is 96.5 Å². The van der Waals surface area contributed by atoms with E-state index in [1.54, 1.807) is 37.2 Å². The number of halogens is 1. The van der Waals surface area contributed by atoms with E-state index in [0.717, 1.165) is 11.3 Å². The van der Waals surface area contributed by atoms with E-state index in [2.05, 4.69) is 10.3 Å². The van der Waals surface area contributed by atoms with Gasteiger partial charge in [-0.3, -0.25) is 0 Å². The minimum atomic E-state index is -0.548. The van der Waals surface area contributed by atoms with Gasteiger partial charge in [0.15, 0.2) is 23.0 Å². The first kappa shape index (κ1) is 22.3. The van der Waals surface area contributed by atoms with Crippen LogP contribution in [0.3, 0.4) is 0 Å². The number of methoxy groups -OCH3 is 2. The second-order valence-corrected chi connectivity index (χ2v) is 7.65. The zero-order valence-electron chi connectivity index (χ0n) is 18.7. The lowest BCUT2D eigenvalue weighted by atomic mass is 10.2. The molecule has 0 unspecified atom stereocenters. The van der Waals surface area contributed by atoms with Crippen molar-refractivity contribution >= 4 is 22.5 Å². The molecule has 0 radical (unpaired) electrons. The van der Waals surface area contributed by atoms with Crippen LogP contribution in [0.5, 0.6) is 17.2 Å². The number of rotatable bonds is 9. The Morgan fingerprint density at radius 1 is 1.09 bits per heavy atom. The molecule has 2 aromatic carbocycles. The molecule has 3 N–H and O–H groups in total. The maximum absolute atomic E-state index is 14.4. The summed E-state index contributed by atoms with van der Waals surface area (Å²) >= 11 is 0. The van der Waals surface area contributed by atoms with Crippen LogP contribution in [0.25, 0.3) is 11.0 Å². The highest BCUT2D eigenvalue weighted by atomic mass is 19.1. The predicted octanol–water partition coefficient (Wildman–Crippen LogP) is 4.45. The van der Waals surface area contributed by atoms with Gasteiger partial charge in [0.2, 0.25) is 0 Å². The highest BCUT2D eigenvalue weighted by Crippen LogP contribution is 2.35. The van der Waals surface area contributed by atoms with Crippen molar-refractivity contribution in [3.8, 4) is 17.2 Å². The van der Waals surface area contributed by atoms with Crippen LogP contribution in [0.15, 0.2) is 54.7 Å². The van der Waals surface area contributed by atoms with Crippen molar-refractivity contribution in [1.82, 2.24) is 14.8 Å². The summed E-state index contributed by atoms with van der Waals surface area (Å²) in [4.78, 5) is 4.53. The number of benzene rings is 2. The Labute approximate surface area is 191 Å². The van der Waals surface area contributed by atoms with Gasteiger partial charge in [0.1, 0.15) is 16.9 Å². The summed E-state index contributed by atoms with van der Waals surface area (Å²) in [6.45, 7) is 2.94. The summed E-state index contributed by atoms with van der Waals surface area (Å²) in [5.74, 6) is 1.29. The van der Waals surface area contributed by atoms with Crippen molar-refractivity contribution < 1.29 is 18.6 Å². The Bertz CT molecular complexity index is 1240. The summed E-state index contributed by atoms with van der Waals surface area (Å²) in [6.07, 6.45) is 1.61. The van der Waals surface area contributed by atoms with E-state index in [-0.39, 0.29) is 11.8 Å². The molecule has 0 saturated carbocycles. The third-order valence-corrected chi connectivity index (χ3v) is 5.06. The van der Waals surface area contributed by atoms with Gasteiger partial charge in [0.05, 0.1) is 20.3 Å². The van der Waals surface area contributed by atoms with Gasteiger partial charge in [-0.2, -0.15) is 5.10 Å². The second-order valence-electron chi connectivity index (χ2n) is 7.65. The molecule has 4 rings (SSSR count). The van der Waals surface area contributed by atoms with Crippen molar-refractivity contribution in [2.45, 2.75) is 19.5 Å². The van der Waals surface area contributed by atoms with Crippen molar-refractivity contribution in [3.05, 3.63) is 66.1 Å². The number of hydrogen-bond donors (Lipinski definition) is 2. The second kappa shape index (κ2) is 9.74. The monoisotopic (exact) mass is 451 g/mol. The largest absolute Gasteiger partial charge is 0.497 e. The molecule has 9 heteroatoms. The fraction of sp³-hybridized carbons (Fsp3) is 0.250. The molecular formula is C24H26FN5O3. The molecule has 2 heterocycles. The number of aromatic nitrogens is 3. The van der Waals surface area contributed by atoms with Crippen LogP contribution < -0.4 is 20.5 Å². The molecule has 2 aromatic heterocycles. The van der Waals surface area contributed by atoms with E-state index in [1.165, 1.54) is 12.1 Å². The molecule has 1 atom stereocenters. The molecule has 0 aliphatic heterocycles. The van der Waals surface area contributed by atoms with E-state index in [4.69, 9.17) is 25.0 Å². The summed E-state index contributed by atoms with van der Waals surface area (Å²) in [5.41, 5.74) is 7.61. The lowest BCUT2D eigenvalue weighted by Crippen LogP contribution is -2.21. The third kappa shape index (κ3) is 4.98. The maximum Gasteiger partial charge on any atom is 0.167 e. The van der Waals surface area contributed by atoms with Gasteiger partial charge >= 0.3 is 0 Å². The molecule has 172 valence electrons. The quantitative estimate of drug-likeness (QED) is 0.363. The number of pyridine rings is 1. The molecule has 0 fully saturated rings. The Balaban J connectivity index is 1.76. The lowest BCUT2D eigenvalue weighted by Gasteiger charge is -2.13. The van der Waals surface area contributed by atoms with Crippen LogP contribution >= 0.6 is 0 Å². The van der Waals surface area contributed by atoms with E-state index in [1.807, 2.05) is 31.2 Å². The van der Waals surface area contributed by atoms with E-state index in [9.17, 15) is 4.39 Å². The molecule has 0 spiro atoms. The summed E-state index contributed by atoms with van der Waals surface area (Å²) in [7, 11) is 3.27. The number of nitrogen functional groups attached to an aromatic ring is 1. The fourth-order valence-electron chi connectivity index (χ4n) is 3.51. The first-order valence-electron chi connectivity index (χ1n) is 10.4. The van der Waals surface area contributed by atoms with E-state index in [0.29, 0.717) is 41.4 Å². The standard InChI is InChI=1S/C24H26FN5O3/c1-15(14-31-2)28-23-22-21(33-20-9-6-17(26)12-19(20)25)10-11-27-24(22)30(29-23)13-16-4-7-18(32-3)8-5-16/h4-12,15H,13-14,26H2,1-3H3,(H,28,29)/t15-/m1/s1. The molecule has 0 bridgehead atoms. The van der Waals surface area contributed by atoms with Gasteiger partial charge in [-0.25, -0.2) is 14.1 Å². The van der Waals surface area contributed by atoms with Gasteiger partial charge in [-0.15, -0.1) is 0 Å². The zero-order chi connectivity index (χ0) is 23.4. The van der Waals surface area contributed by atoms with Crippen LogP contribution in [0.1, 0.15) is 12.5 Å². The number of hydrogen-bond acceptors (Lipinski definition) is 7. The zero-order valence-corrected chi connectivity index (χ0v) is 18.7. The lowest BCUT2D eigenvalue weighted by molar-refractivity contribution is 0.190. The highest BCUT2D eigenvalue weighted by molar-refractivity contribution is 5.93. The number of anilines is 2. The van der Waals surface area contributed by atoms with Crippen LogP contribution in [0.4, 0.5) is 15.9 Å². The predicted molar refractivity (Wildman–Crippen MR) is 125 cm³/mol. The average Bonchev–Trinajstić information content (AvgIpc) is 3.14. The van der Waals surface area contributed by atoms with Crippen molar-refractivity contribution in [3.63, 3.8) is 0 Å². The Morgan fingerprint density at radius 2 is 1.88 bits per heavy atom. The number of nitrogens with one attached hydrogen (secondary N) is 1. The molecule has 0 aliphatic rings. The van der Waals surface area contributed by atoms with Crippen LogP contribution in [0, 0.1) is 5.82 Å². The van der Waals surface area contributed by atoms with E-state index < -0.39 is 5.82 Å². The molecule has 33 heavy (non-hydrogen) atoms. The molecule has 4 aromatic rings. The molecule has 0 saturated heterocycles. The minimum absolute atomic E-state index is 0.0242. The SMILES string of the molecule is COC[C@@H](C)Nc1nn(Cc2ccc(OC)cc2)c2nccc(Oc3ccc(N)cc3F)c12. The summed E-state index contributed by atoms with van der Waals surface area (Å²) in [6, 6.07) is 13.7. The normalized spacial score (nSPS) is 12.0. The van der Waals surface area contributed by atoms with Crippen molar-refractivity contribution in [2.24, 2.45) is 0 Å². The van der Waals surface area contributed by atoms with Crippen molar-refractivity contribution in [1.29, 1.82) is 0 Å². The van der Waals surface area contributed by atoms with E-state index >= 15 is 0 Å². The molecule has 8 nitrogen and oxygen atoms in total. The van der Waals surface area contributed by atoms with Gasteiger partial charge in [-0.05, 0) is 36.8 Å². The third-order valence-electron chi connectivity index (χ3n) is 5.06. The average molecular weight is 452 g/mol. The molecule has 0 amide bonds. The summed E-state index contributed by atoms with van der Waals surface area (Å²) < 4.78 is 32.6. The van der Waals surface area contributed by atoms with Gasteiger partial charge < -0.3 is 25.3 Å². The number of fused-ring (bicyclic) bond motifs is 1. The number of ether oxygens (including phenoxy) is 3. The van der Waals surface area contributed by atoms with Crippen LogP contribution in [-0.4, -0.2) is 41.6 Å². The van der Waals surface area contributed by atoms with Crippen LogP contribution in [-0.2, 0) is 11.3 Å². The van der Waals surface area contributed by atoms with Gasteiger partial charge in [0, 0.05) is 37.2 Å². The Kier molecular flexibility index (Phi) is 6.60. The number of nitrogens with zero attached hydrogens (tertiary/aromatic N) is 3.